The minimum atomic E-state index is 0.0722. The molecule has 6 nitrogen and oxygen atoms in total. The predicted molar refractivity (Wildman–Crippen MR) is 114 cm³/mol. The molecule has 6 heteroatoms. The van der Waals surface area contributed by atoms with Crippen LogP contribution in [0.2, 0.25) is 0 Å². The van der Waals surface area contributed by atoms with Crippen LogP contribution in [0.1, 0.15) is 28.8 Å². The number of fused-ring (bicyclic) bond motifs is 1. The molecular formula is C23H28N4O2. The average molecular weight is 393 g/mol. The molecular weight excluding hydrogens is 364 g/mol. The number of rotatable bonds is 5. The minimum Gasteiger partial charge on any atom is -0.497 e. The Balaban J connectivity index is 1.62. The minimum absolute atomic E-state index is 0.0722. The van der Waals surface area contributed by atoms with Gasteiger partial charge in [0.05, 0.1) is 24.5 Å². The van der Waals surface area contributed by atoms with Gasteiger partial charge in [-0.05, 0) is 68.9 Å². The molecule has 2 heterocycles. The van der Waals surface area contributed by atoms with Gasteiger partial charge in [0, 0.05) is 25.2 Å². The van der Waals surface area contributed by atoms with E-state index in [9.17, 15) is 4.79 Å². The summed E-state index contributed by atoms with van der Waals surface area (Å²) >= 11 is 0. The van der Waals surface area contributed by atoms with Gasteiger partial charge in [-0.3, -0.25) is 4.79 Å². The van der Waals surface area contributed by atoms with Crippen molar-refractivity contribution >= 4 is 16.9 Å². The third-order valence-corrected chi connectivity index (χ3v) is 5.87. The lowest BCUT2D eigenvalue weighted by molar-refractivity contribution is 0.0569. The first-order valence-corrected chi connectivity index (χ1v) is 10.1. The van der Waals surface area contributed by atoms with Crippen molar-refractivity contribution in [2.45, 2.75) is 25.4 Å². The SMILES string of the molecule is COc1ccc(CN(C(=O)c2ccc3c(c2)ncn3C)C2CCN(C)CC2)cc1. The number of ether oxygens (including phenoxy) is 1. The lowest BCUT2D eigenvalue weighted by Gasteiger charge is -2.37. The first-order valence-electron chi connectivity index (χ1n) is 10.1. The molecule has 2 aromatic carbocycles. The number of amides is 1. The number of imidazole rings is 1. The molecule has 152 valence electrons. The molecule has 0 spiro atoms. The Bertz CT molecular complexity index is 988. The van der Waals surface area contributed by atoms with Crippen molar-refractivity contribution in [2.24, 2.45) is 7.05 Å². The topological polar surface area (TPSA) is 50.6 Å². The highest BCUT2D eigenvalue weighted by molar-refractivity contribution is 5.97. The van der Waals surface area contributed by atoms with Gasteiger partial charge in [-0.2, -0.15) is 0 Å². The van der Waals surface area contributed by atoms with Crippen molar-refractivity contribution in [2.75, 3.05) is 27.2 Å². The fourth-order valence-corrected chi connectivity index (χ4v) is 4.04. The van der Waals surface area contributed by atoms with E-state index >= 15 is 0 Å². The maximum atomic E-state index is 13.6. The second kappa shape index (κ2) is 8.25. The number of aromatic nitrogens is 2. The summed E-state index contributed by atoms with van der Waals surface area (Å²) in [5.41, 5.74) is 3.69. The van der Waals surface area contributed by atoms with Gasteiger partial charge in [-0.15, -0.1) is 0 Å². The lowest BCUT2D eigenvalue weighted by atomic mass is 10.0. The third kappa shape index (κ3) is 4.12. The third-order valence-electron chi connectivity index (χ3n) is 5.87. The molecule has 3 aromatic rings. The van der Waals surface area contributed by atoms with Crippen molar-refractivity contribution < 1.29 is 9.53 Å². The molecule has 1 fully saturated rings. The van der Waals surface area contributed by atoms with Crippen molar-refractivity contribution in [1.82, 2.24) is 19.4 Å². The quantitative estimate of drug-likeness (QED) is 0.668. The smallest absolute Gasteiger partial charge is 0.254 e. The molecule has 29 heavy (non-hydrogen) atoms. The van der Waals surface area contributed by atoms with Crippen LogP contribution in [-0.4, -0.2) is 58.5 Å². The second-order valence-electron chi connectivity index (χ2n) is 7.87. The number of piperidine rings is 1. The monoisotopic (exact) mass is 392 g/mol. The largest absolute Gasteiger partial charge is 0.497 e. The number of carbonyl (C=O) groups excluding carboxylic acids is 1. The van der Waals surface area contributed by atoms with Gasteiger partial charge in [0.15, 0.2) is 0 Å². The molecule has 1 amide bonds. The maximum absolute atomic E-state index is 13.6. The van der Waals surface area contributed by atoms with E-state index in [1.54, 1.807) is 13.4 Å². The lowest BCUT2D eigenvalue weighted by Crippen LogP contribution is -2.46. The Kier molecular flexibility index (Phi) is 5.53. The molecule has 1 aromatic heterocycles. The Morgan fingerprint density at radius 2 is 1.86 bits per heavy atom. The number of aryl methyl sites for hydroxylation is 1. The van der Waals surface area contributed by atoms with Crippen molar-refractivity contribution in [3.8, 4) is 5.75 Å². The van der Waals surface area contributed by atoms with Crippen LogP contribution in [0.3, 0.4) is 0 Å². The van der Waals surface area contributed by atoms with Gasteiger partial charge in [-0.25, -0.2) is 4.98 Å². The van der Waals surface area contributed by atoms with Crippen LogP contribution in [0.4, 0.5) is 0 Å². The summed E-state index contributed by atoms with van der Waals surface area (Å²) in [4.78, 5) is 22.3. The number of methoxy groups -OCH3 is 1. The second-order valence-corrected chi connectivity index (χ2v) is 7.87. The van der Waals surface area contributed by atoms with Crippen LogP contribution >= 0.6 is 0 Å². The summed E-state index contributed by atoms with van der Waals surface area (Å²) < 4.78 is 7.23. The highest BCUT2D eigenvalue weighted by atomic mass is 16.5. The van der Waals surface area contributed by atoms with Gasteiger partial charge >= 0.3 is 0 Å². The van der Waals surface area contributed by atoms with Crippen LogP contribution < -0.4 is 4.74 Å². The zero-order valence-electron chi connectivity index (χ0n) is 17.3. The van der Waals surface area contributed by atoms with Gasteiger partial charge in [0.1, 0.15) is 5.75 Å². The highest BCUT2D eigenvalue weighted by Crippen LogP contribution is 2.23. The fourth-order valence-electron chi connectivity index (χ4n) is 4.04. The normalized spacial score (nSPS) is 15.6. The standard InChI is InChI=1S/C23H28N4O2/c1-25-12-10-19(11-13-25)27(15-17-4-7-20(29-3)8-5-17)23(28)18-6-9-22-21(14-18)24-16-26(22)2/h4-9,14,16,19H,10-13,15H2,1-3H3. The van der Waals surface area contributed by atoms with Gasteiger partial charge in [-0.1, -0.05) is 12.1 Å². The molecule has 0 atom stereocenters. The maximum Gasteiger partial charge on any atom is 0.254 e. The van der Waals surface area contributed by atoms with Crippen LogP contribution in [-0.2, 0) is 13.6 Å². The van der Waals surface area contributed by atoms with Crippen molar-refractivity contribution in [1.29, 1.82) is 0 Å². The van der Waals surface area contributed by atoms with Gasteiger partial charge in [0.25, 0.3) is 5.91 Å². The summed E-state index contributed by atoms with van der Waals surface area (Å²) in [6.07, 6.45) is 3.76. The number of hydrogen-bond donors (Lipinski definition) is 0. The molecule has 4 rings (SSSR count). The molecule has 0 unspecified atom stereocenters. The Hall–Kier alpha value is -2.86. The first kappa shape index (κ1) is 19.5. The zero-order valence-corrected chi connectivity index (χ0v) is 17.3. The number of nitrogens with zero attached hydrogens (tertiary/aromatic N) is 4. The van der Waals surface area contributed by atoms with E-state index < -0.39 is 0 Å². The van der Waals surface area contributed by atoms with E-state index in [1.807, 2.05) is 59.0 Å². The first-order chi connectivity index (χ1) is 14.0. The number of hydrogen-bond acceptors (Lipinski definition) is 4. The Morgan fingerprint density at radius 3 is 2.55 bits per heavy atom. The molecule has 1 aliphatic heterocycles. The van der Waals surface area contributed by atoms with Crippen molar-refractivity contribution in [3.05, 3.63) is 59.9 Å². The van der Waals surface area contributed by atoms with E-state index in [4.69, 9.17) is 4.74 Å². The molecule has 0 radical (unpaired) electrons. The summed E-state index contributed by atoms with van der Waals surface area (Å²) in [5.74, 6) is 0.898. The van der Waals surface area contributed by atoms with Crippen LogP contribution in [0.5, 0.6) is 5.75 Å². The summed E-state index contributed by atoms with van der Waals surface area (Å²) in [5, 5.41) is 0. The van der Waals surface area contributed by atoms with Crippen LogP contribution in [0.15, 0.2) is 48.8 Å². The molecule has 0 N–H and O–H groups in total. The number of likely N-dealkylation sites (tertiary alicyclic amines) is 1. The Labute approximate surface area is 171 Å². The number of carbonyl (C=O) groups is 1. The molecule has 1 saturated heterocycles. The summed E-state index contributed by atoms with van der Waals surface area (Å²) in [6, 6.07) is 14.0. The predicted octanol–water partition coefficient (Wildman–Crippen LogP) is 3.32. The van der Waals surface area contributed by atoms with E-state index in [2.05, 4.69) is 16.9 Å². The summed E-state index contributed by atoms with van der Waals surface area (Å²) in [6.45, 7) is 2.62. The van der Waals surface area contributed by atoms with E-state index in [1.165, 1.54) is 0 Å². The van der Waals surface area contributed by atoms with Crippen molar-refractivity contribution in [3.63, 3.8) is 0 Å². The number of benzene rings is 2. The summed E-state index contributed by atoms with van der Waals surface area (Å²) in [7, 11) is 5.77. The van der Waals surface area contributed by atoms with E-state index in [-0.39, 0.29) is 11.9 Å². The van der Waals surface area contributed by atoms with Crippen LogP contribution in [0, 0.1) is 0 Å². The van der Waals surface area contributed by atoms with E-state index in [0.29, 0.717) is 12.1 Å². The highest BCUT2D eigenvalue weighted by Gasteiger charge is 2.28. The average Bonchev–Trinajstić information content (AvgIpc) is 3.13. The molecule has 1 aliphatic rings. The fraction of sp³-hybridized carbons (Fsp3) is 0.391. The van der Waals surface area contributed by atoms with E-state index in [0.717, 1.165) is 48.3 Å². The molecule has 0 bridgehead atoms. The molecule has 0 aliphatic carbocycles. The zero-order chi connectivity index (χ0) is 20.4. The van der Waals surface area contributed by atoms with Crippen LogP contribution in [0.25, 0.3) is 11.0 Å². The molecule has 0 saturated carbocycles. The van der Waals surface area contributed by atoms with Gasteiger partial charge < -0.3 is 19.1 Å². The van der Waals surface area contributed by atoms with Gasteiger partial charge in [0.2, 0.25) is 0 Å². The Morgan fingerprint density at radius 1 is 1.14 bits per heavy atom.